The van der Waals surface area contributed by atoms with E-state index in [0.29, 0.717) is 31.1 Å². The molecule has 1 aromatic heterocycles. The third-order valence-corrected chi connectivity index (χ3v) is 4.23. The molecule has 1 amide bonds. The first kappa shape index (κ1) is 20.3. The number of amides is 1. The molecule has 2 aromatic rings. The van der Waals surface area contributed by atoms with Crippen LogP contribution in [0.5, 0.6) is 0 Å². The number of nitrogens with one attached hydrogen (secondary N) is 2. The Morgan fingerprint density at radius 3 is 2.85 bits per heavy atom. The maximum atomic E-state index is 13.5. The Morgan fingerprint density at radius 2 is 2.23 bits per heavy atom. The summed E-state index contributed by atoms with van der Waals surface area (Å²) >= 11 is 0. The Labute approximate surface area is 157 Å². The maximum Gasteiger partial charge on any atom is 0.290 e. The summed E-state index contributed by atoms with van der Waals surface area (Å²) in [6, 6.07) is 6.00. The van der Waals surface area contributed by atoms with Crippen molar-refractivity contribution < 1.29 is 14.3 Å². The standard InChI is InChI=1S/C17H22FN5O2.ClH/c1-10(2)16-21-15(17(25)20-8-11-7-19-9-14(11)24)22-23(16)13-5-3-4-12(18)6-13;/h3-6,10-11,14,19,24H,7-9H2,1-2H3,(H,20,25);1H. The molecule has 7 nitrogen and oxygen atoms in total. The van der Waals surface area contributed by atoms with Crippen molar-refractivity contribution in [3.05, 3.63) is 41.7 Å². The third kappa shape index (κ3) is 4.38. The molecule has 0 saturated carbocycles. The largest absolute Gasteiger partial charge is 0.391 e. The number of aliphatic hydroxyl groups is 1. The molecule has 142 valence electrons. The van der Waals surface area contributed by atoms with Gasteiger partial charge in [-0.15, -0.1) is 17.5 Å². The minimum atomic E-state index is -0.468. The molecule has 1 aromatic carbocycles. The molecule has 0 radical (unpaired) electrons. The number of hydrogen-bond donors (Lipinski definition) is 3. The van der Waals surface area contributed by atoms with Crippen LogP contribution in [-0.2, 0) is 0 Å². The number of nitrogens with zero attached hydrogens (tertiary/aromatic N) is 3. The van der Waals surface area contributed by atoms with Gasteiger partial charge in [0.1, 0.15) is 11.6 Å². The van der Waals surface area contributed by atoms with Crippen LogP contribution in [0.2, 0.25) is 0 Å². The zero-order chi connectivity index (χ0) is 18.0. The number of hydrogen-bond acceptors (Lipinski definition) is 5. The van der Waals surface area contributed by atoms with E-state index in [-0.39, 0.29) is 35.9 Å². The van der Waals surface area contributed by atoms with Crippen LogP contribution >= 0.6 is 12.4 Å². The van der Waals surface area contributed by atoms with E-state index in [9.17, 15) is 14.3 Å². The van der Waals surface area contributed by atoms with Crippen molar-refractivity contribution in [3.63, 3.8) is 0 Å². The predicted octanol–water partition coefficient (Wildman–Crippen LogP) is 1.26. The molecule has 3 N–H and O–H groups in total. The number of β-amino-alcohol motifs (C(OH)–C–C–N with tert-alkyl or cyclic N) is 1. The van der Waals surface area contributed by atoms with Gasteiger partial charge >= 0.3 is 0 Å². The molecule has 0 spiro atoms. The molecule has 2 heterocycles. The number of aliphatic hydroxyl groups excluding tert-OH is 1. The highest BCUT2D eigenvalue weighted by atomic mass is 35.5. The fraction of sp³-hybridized carbons (Fsp3) is 0.471. The number of aromatic nitrogens is 3. The quantitative estimate of drug-likeness (QED) is 0.723. The lowest BCUT2D eigenvalue weighted by molar-refractivity contribution is 0.0917. The third-order valence-electron chi connectivity index (χ3n) is 4.23. The van der Waals surface area contributed by atoms with Gasteiger partial charge in [0, 0.05) is 31.5 Å². The summed E-state index contributed by atoms with van der Waals surface area (Å²) < 4.78 is 15.0. The van der Waals surface area contributed by atoms with Crippen molar-refractivity contribution in [2.75, 3.05) is 19.6 Å². The normalized spacial score (nSPS) is 19.4. The average molecular weight is 384 g/mol. The second-order valence-corrected chi connectivity index (χ2v) is 6.54. The first-order valence-corrected chi connectivity index (χ1v) is 8.35. The first-order valence-electron chi connectivity index (χ1n) is 8.35. The SMILES string of the molecule is CC(C)c1nc(C(=O)NCC2CNCC2O)nn1-c1cccc(F)c1.Cl. The highest BCUT2D eigenvalue weighted by molar-refractivity contribution is 5.90. The van der Waals surface area contributed by atoms with Crippen molar-refractivity contribution in [1.82, 2.24) is 25.4 Å². The molecule has 9 heteroatoms. The predicted molar refractivity (Wildman–Crippen MR) is 97.4 cm³/mol. The maximum absolute atomic E-state index is 13.5. The second kappa shape index (κ2) is 8.57. The van der Waals surface area contributed by atoms with Crippen LogP contribution in [0.4, 0.5) is 4.39 Å². The lowest BCUT2D eigenvalue weighted by Gasteiger charge is -2.12. The van der Waals surface area contributed by atoms with E-state index in [1.54, 1.807) is 12.1 Å². The van der Waals surface area contributed by atoms with Crippen LogP contribution < -0.4 is 10.6 Å². The molecule has 2 unspecified atom stereocenters. The van der Waals surface area contributed by atoms with Crippen molar-refractivity contribution >= 4 is 18.3 Å². The molecule has 3 rings (SSSR count). The minimum absolute atomic E-state index is 0. The van der Waals surface area contributed by atoms with Crippen molar-refractivity contribution in [3.8, 4) is 5.69 Å². The summed E-state index contributed by atoms with van der Waals surface area (Å²) in [6.07, 6.45) is -0.468. The van der Waals surface area contributed by atoms with Gasteiger partial charge in [-0.3, -0.25) is 4.79 Å². The van der Waals surface area contributed by atoms with Crippen LogP contribution in [0.15, 0.2) is 24.3 Å². The fourth-order valence-corrected chi connectivity index (χ4v) is 2.82. The van der Waals surface area contributed by atoms with Crippen LogP contribution in [0.25, 0.3) is 5.69 Å². The minimum Gasteiger partial charge on any atom is -0.391 e. The molecular formula is C17H23ClFN5O2. The van der Waals surface area contributed by atoms with Gasteiger partial charge in [-0.1, -0.05) is 19.9 Å². The summed E-state index contributed by atoms with van der Waals surface area (Å²) in [4.78, 5) is 16.7. The zero-order valence-electron chi connectivity index (χ0n) is 14.6. The van der Waals surface area contributed by atoms with E-state index in [2.05, 4.69) is 20.7 Å². The highest BCUT2D eigenvalue weighted by Crippen LogP contribution is 2.18. The Kier molecular flexibility index (Phi) is 6.69. The molecule has 1 fully saturated rings. The molecule has 26 heavy (non-hydrogen) atoms. The fourth-order valence-electron chi connectivity index (χ4n) is 2.82. The highest BCUT2D eigenvalue weighted by Gasteiger charge is 2.26. The van der Waals surface area contributed by atoms with Gasteiger partial charge in [0.25, 0.3) is 5.91 Å². The molecule has 0 bridgehead atoms. The lowest BCUT2D eigenvalue weighted by atomic mass is 10.1. The summed E-state index contributed by atoms with van der Waals surface area (Å²) in [5.74, 6) is -0.184. The van der Waals surface area contributed by atoms with Gasteiger partial charge in [0.2, 0.25) is 5.82 Å². The number of benzene rings is 1. The molecule has 1 aliphatic rings. The molecule has 2 atom stereocenters. The topological polar surface area (TPSA) is 92.1 Å². The van der Waals surface area contributed by atoms with E-state index in [0.717, 1.165) is 0 Å². The van der Waals surface area contributed by atoms with Gasteiger partial charge in [-0.2, -0.15) is 0 Å². The van der Waals surface area contributed by atoms with Gasteiger partial charge in [0.15, 0.2) is 0 Å². The molecule has 1 aliphatic heterocycles. The number of carbonyl (C=O) groups is 1. The van der Waals surface area contributed by atoms with Crippen LogP contribution in [0.3, 0.4) is 0 Å². The molecule has 0 aliphatic carbocycles. The monoisotopic (exact) mass is 383 g/mol. The lowest BCUT2D eigenvalue weighted by Crippen LogP contribution is -2.34. The van der Waals surface area contributed by atoms with Gasteiger partial charge in [0.05, 0.1) is 11.8 Å². The van der Waals surface area contributed by atoms with Crippen LogP contribution in [0, 0.1) is 11.7 Å². The Hall–Kier alpha value is -2.03. The van der Waals surface area contributed by atoms with Crippen LogP contribution in [-0.4, -0.2) is 51.5 Å². The van der Waals surface area contributed by atoms with Crippen molar-refractivity contribution in [1.29, 1.82) is 0 Å². The Balaban J connectivity index is 0.00000243. The average Bonchev–Trinajstić information content (AvgIpc) is 3.19. The number of halogens is 2. The van der Waals surface area contributed by atoms with Crippen LogP contribution in [0.1, 0.15) is 36.2 Å². The smallest absolute Gasteiger partial charge is 0.290 e. The van der Waals surface area contributed by atoms with Gasteiger partial charge in [-0.05, 0) is 18.2 Å². The first-order chi connectivity index (χ1) is 12.0. The molecule has 1 saturated heterocycles. The van der Waals surface area contributed by atoms with E-state index in [1.165, 1.54) is 16.8 Å². The number of carbonyl (C=O) groups excluding carboxylic acids is 1. The molecular weight excluding hydrogens is 361 g/mol. The summed E-state index contributed by atoms with van der Waals surface area (Å²) in [7, 11) is 0. The second-order valence-electron chi connectivity index (χ2n) is 6.54. The summed E-state index contributed by atoms with van der Waals surface area (Å²) in [6.45, 7) is 5.40. The van der Waals surface area contributed by atoms with E-state index in [4.69, 9.17) is 0 Å². The number of rotatable bonds is 5. The van der Waals surface area contributed by atoms with Gasteiger partial charge < -0.3 is 15.7 Å². The summed E-state index contributed by atoms with van der Waals surface area (Å²) in [5.41, 5.74) is 0.519. The van der Waals surface area contributed by atoms with Gasteiger partial charge in [-0.25, -0.2) is 14.1 Å². The zero-order valence-corrected chi connectivity index (χ0v) is 15.5. The van der Waals surface area contributed by atoms with E-state index >= 15 is 0 Å². The summed E-state index contributed by atoms with van der Waals surface area (Å²) in [5, 5.41) is 19.9. The Morgan fingerprint density at radius 1 is 1.46 bits per heavy atom. The Bertz CT molecular complexity index is 767. The van der Waals surface area contributed by atoms with Crippen molar-refractivity contribution in [2.45, 2.75) is 25.9 Å². The van der Waals surface area contributed by atoms with E-state index < -0.39 is 12.0 Å². The van der Waals surface area contributed by atoms with Crippen molar-refractivity contribution in [2.24, 2.45) is 5.92 Å². The van der Waals surface area contributed by atoms with E-state index in [1.807, 2.05) is 13.8 Å².